The minimum absolute atomic E-state index is 0.426. The van der Waals surface area contributed by atoms with Crippen LogP contribution in [0.1, 0.15) is 22.4 Å². The summed E-state index contributed by atoms with van der Waals surface area (Å²) in [6.45, 7) is 4.33. The van der Waals surface area contributed by atoms with Gasteiger partial charge in [-0.15, -0.1) is 0 Å². The molecule has 0 bridgehead atoms. The van der Waals surface area contributed by atoms with E-state index in [1.165, 1.54) is 16.7 Å². The van der Waals surface area contributed by atoms with E-state index in [-0.39, 0.29) is 0 Å². The lowest BCUT2D eigenvalue weighted by atomic mass is 9.97. The van der Waals surface area contributed by atoms with Crippen LogP contribution in [0.2, 0.25) is 0 Å². The van der Waals surface area contributed by atoms with Gasteiger partial charge < -0.3 is 5.32 Å². The molecule has 102 valence electrons. The fourth-order valence-corrected chi connectivity index (χ4v) is 2.39. The van der Waals surface area contributed by atoms with E-state index in [2.05, 4.69) is 48.5 Å². The summed E-state index contributed by atoms with van der Waals surface area (Å²) >= 11 is 0. The van der Waals surface area contributed by atoms with Gasteiger partial charge >= 0.3 is 0 Å². The normalized spacial score (nSPS) is 12.6. The Morgan fingerprint density at radius 3 is 2.63 bits per heavy atom. The first kappa shape index (κ1) is 13.8. The number of nitrogens with zero attached hydrogens (tertiary/aromatic N) is 2. The molecule has 0 saturated heterocycles. The molecule has 0 aliphatic heterocycles. The van der Waals surface area contributed by atoms with E-state index in [0.29, 0.717) is 6.04 Å². The molecule has 0 aliphatic carbocycles. The van der Waals surface area contributed by atoms with Crippen LogP contribution in [0.15, 0.2) is 30.5 Å². The van der Waals surface area contributed by atoms with E-state index in [4.69, 9.17) is 0 Å². The molecule has 2 rings (SSSR count). The van der Waals surface area contributed by atoms with Gasteiger partial charge in [0.25, 0.3) is 0 Å². The third kappa shape index (κ3) is 3.67. The van der Waals surface area contributed by atoms with Gasteiger partial charge in [-0.25, -0.2) is 0 Å². The number of aryl methyl sites for hydroxylation is 3. The number of aromatic nitrogens is 2. The van der Waals surface area contributed by atoms with Crippen LogP contribution in [-0.2, 0) is 19.9 Å². The topological polar surface area (TPSA) is 29.9 Å². The highest BCUT2D eigenvalue weighted by Crippen LogP contribution is 2.14. The Bertz CT molecular complexity index is 543. The number of likely N-dealkylation sites (N-methyl/N-ethyl adjacent to an activating group) is 1. The highest BCUT2D eigenvalue weighted by molar-refractivity contribution is 5.31. The zero-order valence-corrected chi connectivity index (χ0v) is 12.3. The molecule has 1 aromatic carbocycles. The first-order chi connectivity index (χ1) is 9.08. The fraction of sp³-hybridized carbons (Fsp3) is 0.438. The van der Waals surface area contributed by atoms with E-state index in [9.17, 15) is 0 Å². The molecule has 19 heavy (non-hydrogen) atoms. The third-order valence-electron chi connectivity index (χ3n) is 3.60. The summed E-state index contributed by atoms with van der Waals surface area (Å²) in [5.41, 5.74) is 5.27. The highest BCUT2D eigenvalue weighted by Gasteiger charge is 2.11. The second-order valence-electron chi connectivity index (χ2n) is 5.30. The summed E-state index contributed by atoms with van der Waals surface area (Å²) in [5.74, 6) is 0. The van der Waals surface area contributed by atoms with Crippen LogP contribution in [0.4, 0.5) is 0 Å². The van der Waals surface area contributed by atoms with Crippen LogP contribution in [0.25, 0.3) is 0 Å². The zero-order valence-electron chi connectivity index (χ0n) is 12.3. The Kier molecular flexibility index (Phi) is 4.38. The smallest absolute Gasteiger partial charge is 0.0640 e. The minimum atomic E-state index is 0.426. The fourth-order valence-electron chi connectivity index (χ4n) is 2.39. The molecule has 0 radical (unpaired) electrons. The summed E-state index contributed by atoms with van der Waals surface area (Å²) < 4.78 is 1.86. The first-order valence-corrected chi connectivity index (χ1v) is 6.80. The van der Waals surface area contributed by atoms with Gasteiger partial charge in [0.05, 0.1) is 5.69 Å². The molecular formula is C16H23N3. The molecule has 2 aromatic rings. The van der Waals surface area contributed by atoms with Crippen LogP contribution in [0.5, 0.6) is 0 Å². The van der Waals surface area contributed by atoms with Gasteiger partial charge in [0, 0.05) is 25.7 Å². The average molecular weight is 257 g/mol. The van der Waals surface area contributed by atoms with Gasteiger partial charge in [-0.3, -0.25) is 4.68 Å². The first-order valence-electron chi connectivity index (χ1n) is 6.80. The van der Waals surface area contributed by atoms with Crippen LogP contribution in [-0.4, -0.2) is 22.9 Å². The predicted molar refractivity (Wildman–Crippen MR) is 79.4 cm³/mol. The second kappa shape index (κ2) is 6.02. The van der Waals surface area contributed by atoms with Crippen molar-refractivity contribution in [1.29, 1.82) is 0 Å². The predicted octanol–water partition coefficient (Wildman–Crippen LogP) is 2.41. The average Bonchev–Trinajstić information content (AvgIpc) is 2.78. The van der Waals surface area contributed by atoms with Crippen LogP contribution >= 0.6 is 0 Å². The van der Waals surface area contributed by atoms with Crippen molar-refractivity contribution in [1.82, 2.24) is 15.1 Å². The lowest BCUT2D eigenvalue weighted by molar-refractivity contribution is 0.544. The molecule has 0 spiro atoms. The Labute approximate surface area is 115 Å². The molecule has 1 N–H and O–H groups in total. The number of rotatable bonds is 5. The van der Waals surface area contributed by atoms with Gasteiger partial charge in [0.2, 0.25) is 0 Å². The molecule has 3 heteroatoms. The van der Waals surface area contributed by atoms with Crippen LogP contribution in [0, 0.1) is 13.8 Å². The summed E-state index contributed by atoms with van der Waals surface area (Å²) in [4.78, 5) is 0. The molecule has 1 unspecified atom stereocenters. The van der Waals surface area contributed by atoms with Crippen molar-refractivity contribution in [3.63, 3.8) is 0 Å². The maximum absolute atomic E-state index is 4.46. The molecule has 1 atom stereocenters. The van der Waals surface area contributed by atoms with Gasteiger partial charge in [-0.2, -0.15) is 5.10 Å². The van der Waals surface area contributed by atoms with E-state index in [1.807, 2.05) is 25.0 Å². The standard InChI is InChI=1S/C16H23N3/c1-12-5-6-13(2)14(9-12)10-16(17-3)11-15-7-8-19(4)18-15/h5-9,16-17H,10-11H2,1-4H3. The van der Waals surface area contributed by atoms with Gasteiger partial charge in [0.15, 0.2) is 0 Å². The van der Waals surface area contributed by atoms with Gasteiger partial charge in [-0.1, -0.05) is 23.8 Å². The monoisotopic (exact) mass is 257 g/mol. The molecular weight excluding hydrogens is 234 g/mol. The molecule has 1 heterocycles. The van der Waals surface area contributed by atoms with E-state index in [0.717, 1.165) is 18.5 Å². The van der Waals surface area contributed by atoms with E-state index >= 15 is 0 Å². The summed E-state index contributed by atoms with van der Waals surface area (Å²) in [5, 5.41) is 7.86. The third-order valence-corrected chi connectivity index (χ3v) is 3.60. The SMILES string of the molecule is CNC(Cc1ccn(C)n1)Cc1cc(C)ccc1C. The summed E-state index contributed by atoms with van der Waals surface area (Å²) in [6.07, 6.45) is 4.01. The molecule has 3 nitrogen and oxygen atoms in total. The zero-order chi connectivity index (χ0) is 13.8. The Hall–Kier alpha value is -1.61. The Morgan fingerprint density at radius 1 is 1.21 bits per heavy atom. The molecule has 0 saturated carbocycles. The quantitative estimate of drug-likeness (QED) is 0.891. The van der Waals surface area contributed by atoms with Crippen molar-refractivity contribution in [2.24, 2.45) is 7.05 Å². The van der Waals surface area contributed by atoms with E-state index < -0.39 is 0 Å². The maximum atomic E-state index is 4.46. The van der Waals surface area contributed by atoms with Gasteiger partial charge in [0.1, 0.15) is 0 Å². The van der Waals surface area contributed by atoms with E-state index in [1.54, 1.807) is 0 Å². The lowest BCUT2D eigenvalue weighted by Crippen LogP contribution is -2.30. The van der Waals surface area contributed by atoms with Crippen LogP contribution < -0.4 is 5.32 Å². The summed E-state index contributed by atoms with van der Waals surface area (Å²) in [6, 6.07) is 9.19. The molecule has 0 aliphatic rings. The number of benzene rings is 1. The molecule has 1 aromatic heterocycles. The van der Waals surface area contributed by atoms with Crippen molar-refractivity contribution >= 4 is 0 Å². The van der Waals surface area contributed by atoms with Crippen molar-refractivity contribution in [2.75, 3.05) is 7.05 Å². The van der Waals surface area contributed by atoms with Gasteiger partial charge in [-0.05, 0) is 44.5 Å². The van der Waals surface area contributed by atoms with Crippen molar-refractivity contribution in [3.8, 4) is 0 Å². The second-order valence-corrected chi connectivity index (χ2v) is 5.30. The number of nitrogens with one attached hydrogen (secondary N) is 1. The summed E-state index contributed by atoms with van der Waals surface area (Å²) in [7, 11) is 3.99. The largest absolute Gasteiger partial charge is 0.316 e. The highest BCUT2D eigenvalue weighted by atomic mass is 15.2. The lowest BCUT2D eigenvalue weighted by Gasteiger charge is -2.17. The minimum Gasteiger partial charge on any atom is -0.316 e. The Morgan fingerprint density at radius 2 is 2.00 bits per heavy atom. The molecule has 0 amide bonds. The van der Waals surface area contributed by atoms with Crippen molar-refractivity contribution in [2.45, 2.75) is 32.7 Å². The van der Waals surface area contributed by atoms with Crippen molar-refractivity contribution in [3.05, 3.63) is 52.8 Å². The number of hydrogen-bond acceptors (Lipinski definition) is 2. The molecule has 0 fully saturated rings. The maximum Gasteiger partial charge on any atom is 0.0640 e. The van der Waals surface area contributed by atoms with Crippen molar-refractivity contribution < 1.29 is 0 Å². The van der Waals surface area contributed by atoms with Crippen LogP contribution in [0.3, 0.4) is 0 Å². The Balaban J connectivity index is 2.08. The number of hydrogen-bond donors (Lipinski definition) is 1.